The fourth-order valence-electron chi connectivity index (χ4n) is 3.71. The Hall–Kier alpha value is -3.46. The van der Waals surface area contributed by atoms with Crippen molar-refractivity contribution < 1.29 is 14.3 Å². The second kappa shape index (κ2) is 9.35. The van der Waals surface area contributed by atoms with E-state index in [1.54, 1.807) is 35.6 Å². The number of nitrogens with zero attached hydrogens (tertiary/aromatic N) is 4. The minimum Gasteiger partial charge on any atom is -0.463 e. The minimum absolute atomic E-state index is 0.0367. The largest absolute Gasteiger partial charge is 0.463 e. The number of allylic oxidation sites excluding steroid dienone is 1. The predicted octanol–water partition coefficient (Wildman–Crippen LogP) is 3.93. The number of anilines is 2. The lowest BCUT2D eigenvalue weighted by molar-refractivity contribution is -0.139. The first-order chi connectivity index (χ1) is 15.5. The number of amides is 1. The highest BCUT2D eigenvalue weighted by atomic mass is 79.9. The Bertz CT molecular complexity index is 1160. The number of rotatable bonds is 6. The number of hydrogen-bond acceptors (Lipinski definition) is 6. The molecule has 0 saturated carbocycles. The van der Waals surface area contributed by atoms with Crippen molar-refractivity contribution in [3.8, 4) is 0 Å². The summed E-state index contributed by atoms with van der Waals surface area (Å²) in [6.45, 7) is 3.77. The van der Waals surface area contributed by atoms with Crippen LogP contribution in [0.1, 0.15) is 25.5 Å². The summed E-state index contributed by atoms with van der Waals surface area (Å²) in [4.78, 5) is 31.9. The van der Waals surface area contributed by atoms with Gasteiger partial charge in [0.15, 0.2) is 0 Å². The van der Waals surface area contributed by atoms with Crippen LogP contribution in [0.4, 0.5) is 11.6 Å². The number of halogens is 1. The summed E-state index contributed by atoms with van der Waals surface area (Å²) in [6, 6.07) is 16.4. The zero-order chi connectivity index (χ0) is 22.7. The van der Waals surface area contributed by atoms with Gasteiger partial charge in [-0.05, 0) is 43.7 Å². The lowest BCUT2D eigenvalue weighted by Crippen LogP contribution is -2.40. The number of esters is 1. The van der Waals surface area contributed by atoms with Crippen LogP contribution in [-0.4, -0.2) is 39.8 Å². The van der Waals surface area contributed by atoms with Crippen LogP contribution in [0.25, 0.3) is 0 Å². The Morgan fingerprint density at radius 1 is 1.12 bits per heavy atom. The molecule has 9 heteroatoms. The van der Waals surface area contributed by atoms with Crippen molar-refractivity contribution in [1.29, 1.82) is 0 Å². The van der Waals surface area contributed by atoms with Gasteiger partial charge in [0, 0.05) is 15.9 Å². The number of carbonyl (C=O) groups excluding carboxylic acids is 2. The molecule has 0 radical (unpaired) electrons. The summed E-state index contributed by atoms with van der Waals surface area (Å²) in [5.41, 5.74) is 2.57. The van der Waals surface area contributed by atoms with E-state index >= 15 is 0 Å². The topological polar surface area (TPSA) is 89.3 Å². The van der Waals surface area contributed by atoms with Crippen molar-refractivity contribution in [1.82, 2.24) is 14.8 Å². The average molecular weight is 496 g/mol. The zero-order valence-corrected chi connectivity index (χ0v) is 19.2. The van der Waals surface area contributed by atoms with Crippen LogP contribution in [0, 0.1) is 0 Å². The number of aromatic nitrogens is 3. The van der Waals surface area contributed by atoms with Gasteiger partial charge in [-0.15, -0.1) is 0 Å². The molecule has 1 aromatic heterocycles. The van der Waals surface area contributed by atoms with Gasteiger partial charge in [-0.1, -0.05) is 46.3 Å². The van der Waals surface area contributed by atoms with E-state index in [-0.39, 0.29) is 19.1 Å². The minimum atomic E-state index is -0.501. The number of fused-ring (bicyclic) bond motifs is 1. The van der Waals surface area contributed by atoms with Crippen LogP contribution >= 0.6 is 15.9 Å². The van der Waals surface area contributed by atoms with Gasteiger partial charge in [-0.3, -0.25) is 4.79 Å². The first kappa shape index (κ1) is 21.8. The van der Waals surface area contributed by atoms with Crippen molar-refractivity contribution in [3.05, 3.63) is 82.2 Å². The molecule has 4 rings (SSSR count). The molecule has 0 fully saturated rings. The van der Waals surface area contributed by atoms with Crippen LogP contribution in [0.15, 0.2) is 76.7 Å². The SMILES string of the molecule is CCOC(=O)C1=C(C)N(CC(=O)Nc2ccc(Br)cc2)c2ncnn2[C@H]1c1ccccc1. The van der Waals surface area contributed by atoms with Gasteiger partial charge < -0.3 is 15.0 Å². The van der Waals surface area contributed by atoms with E-state index in [9.17, 15) is 9.59 Å². The van der Waals surface area contributed by atoms with Gasteiger partial charge in [0.05, 0.1) is 12.2 Å². The van der Waals surface area contributed by atoms with Gasteiger partial charge in [0.25, 0.3) is 0 Å². The van der Waals surface area contributed by atoms with Gasteiger partial charge in [0.1, 0.15) is 18.9 Å². The van der Waals surface area contributed by atoms with Crippen LogP contribution in [0.2, 0.25) is 0 Å². The number of benzene rings is 2. The molecule has 0 saturated heterocycles. The second-order valence-electron chi connectivity index (χ2n) is 7.18. The molecular formula is C23H22BrN5O3. The highest BCUT2D eigenvalue weighted by Gasteiger charge is 2.38. The molecule has 0 spiro atoms. The summed E-state index contributed by atoms with van der Waals surface area (Å²) >= 11 is 3.38. The summed E-state index contributed by atoms with van der Waals surface area (Å²) in [6.07, 6.45) is 1.42. The van der Waals surface area contributed by atoms with Gasteiger partial charge >= 0.3 is 5.97 Å². The fraction of sp³-hybridized carbons (Fsp3) is 0.217. The molecule has 3 aromatic rings. The molecule has 1 aliphatic heterocycles. The first-order valence-electron chi connectivity index (χ1n) is 10.1. The molecule has 164 valence electrons. The Morgan fingerprint density at radius 2 is 1.84 bits per heavy atom. The third-order valence-corrected chi connectivity index (χ3v) is 5.68. The van der Waals surface area contributed by atoms with Crippen molar-refractivity contribution in [3.63, 3.8) is 0 Å². The smallest absolute Gasteiger partial charge is 0.338 e. The molecule has 8 nitrogen and oxygen atoms in total. The molecule has 0 unspecified atom stereocenters. The van der Waals surface area contributed by atoms with Gasteiger partial charge in [-0.25, -0.2) is 9.48 Å². The van der Waals surface area contributed by atoms with E-state index in [2.05, 4.69) is 31.3 Å². The third-order valence-electron chi connectivity index (χ3n) is 5.15. The summed E-state index contributed by atoms with van der Waals surface area (Å²) in [5, 5.41) is 7.25. The molecule has 32 heavy (non-hydrogen) atoms. The predicted molar refractivity (Wildman–Crippen MR) is 124 cm³/mol. The lowest BCUT2D eigenvalue weighted by Gasteiger charge is -2.35. The van der Waals surface area contributed by atoms with Crippen molar-refractivity contribution in [2.24, 2.45) is 0 Å². The standard InChI is InChI=1S/C23H22BrN5O3/c1-3-32-22(31)20-15(2)28(13-19(30)27-18-11-9-17(24)10-12-18)23-25-14-26-29(23)21(20)16-7-5-4-6-8-16/h4-12,14,21H,3,13H2,1-2H3,(H,27,30)/t21-/m0/s1. The maximum atomic E-state index is 13.0. The van der Waals surface area contributed by atoms with Crippen molar-refractivity contribution in [2.75, 3.05) is 23.4 Å². The molecule has 1 atom stereocenters. The number of carbonyl (C=O) groups is 2. The maximum absolute atomic E-state index is 13.0. The highest BCUT2D eigenvalue weighted by Crippen LogP contribution is 2.38. The van der Waals surface area contributed by atoms with Gasteiger partial charge in [0.2, 0.25) is 11.9 Å². The van der Waals surface area contributed by atoms with E-state index in [0.717, 1.165) is 10.0 Å². The van der Waals surface area contributed by atoms with Crippen molar-refractivity contribution in [2.45, 2.75) is 19.9 Å². The zero-order valence-electron chi connectivity index (χ0n) is 17.7. The molecular weight excluding hydrogens is 474 g/mol. The van der Waals surface area contributed by atoms with Crippen LogP contribution in [0.3, 0.4) is 0 Å². The second-order valence-corrected chi connectivity index (χ2v) is 8.09. The van der Waals surface area contributed by atoms with E-state index in [0.29, 0.717) is 22.9 Å². The number of hydrogen-bond donors (Lipinski definition) is 1. The molecule has 1 N–H and O–H groups in total. The van der Waals surface area contributed by atoms with E-state index < -0.39 is 12.0 Å². The Kier molecular flexibility index (Phi) is 6.36. The van der Waals surface area contributed by atoms with Crippen LogP contribution in [0.5, 0.6) is 0 Å². The summed E-state index contributed by atoms with van der Waals surface area (Å²) < 4.78 is 7.94. The number of nitrogens with one attached hydrogen (secondary N) is 1. The van der Waals surface area contributed by atoms with Gasteiger partial charge in [-0.2, -0.15) is 10.1 Å². The Labute approximate surface area is 194 Å². The Morgan fingerprint density at radius 3 is 2.53 bits per heavy atom. The molecule has 2 aromatic carbocycles. The summed E-state index contributed by atoms with van der Waals surface area (Å²) in [5.74, 6) is -0.212. The molecule has 0 bridgehead atoms. The number of ether oxygens (including phenoxy) is 1. The third kappa shape index (κ3) is 4.29. The van der Waals surface area contributed by atoms with Crippen LogP contribution < -0.4 is 10.2 Å². The van der Waals surface area contributed by atoms with Crippen LogP contribution in [-0.2, 0) is 14.3 Å². The summed E-state index contributed by atoms with van der Waals surface area (Å²) in [7, 11) is 0. The molecule has 1 aliphatic rings. The quantitative estimate of drug-likeness (QED) is 0.521. The molecule has 2 heterocycles. The maximum Gasteiger partial charge on any atom is 0.338 e. The fourth-order valence-corrected chi connectivity index (χ4v) is 3.98. The van der Waals surface area contributed by atoms with E-state index in [1.807, 2.05) is 42.5 Å². The lowest BCUT2D eigenvalue weighted by atomic mass is 9.95. The molecule has 1 amide bonds. The van der Waals surface area contributed by atoms with Crippen molar-refractivity contribution >= 4 is 39.4 Å². The van der Waals surface area contributed by atoms with E-state index in [4.69, 9.17) is 4.74 Å². The Balaban J connectivity index is 1.71. The monoisotopic (exact) mass is 495 g/mol. The molecule has 0 aliphatic carbocycles. The highest BCUT2D eigenvalue weighted by molar-refractivity contribution is 9.10. The average Bonchev–Trinajstić information content (AvgIpc) is 3.27. The van der Waals surface area contributed by atoms with E-state index in [1.165, 1.54) is 6.33 Å². The normalized spacial score (nSPS) is 15.3. The first-order valence-corrected chi connectivity index (χ1v) is 10.9.